The van der Waals surface area contributed by atoms with Gasteiger partial charge in [0.15, 0.2) is 5.76 Å². The molecular formula is C19H26N4O6S2. The maximum absolute atomic E-state index is 13.1. The van der Waals surface area contributed by atoms with Crippen molar-refractivity contribution in [3.05, 3.63) is 35.7 Å². The molecule has 0 bridgehead atoms. The zero-order valence-corrected chi connectivity index (χ0v) is 19.4. The molecule has 12 heteroatoms. The summed E-state index contributed by atoms with van der Waals surface area (Å²) >= 11 is 0. The average molecular weight is 471 g/mol. The van der Waals surface area contributed by atoms with Gasteiger partial charge in [0, 0.05) is 18.3 Å². The number of rotatable bonds is 7. The summed E-state index contributed by atoms with van der Waals surface area (Å²) in [6.07, 6.45) is 0.915. The molecule has 3 rings (SSSR count). The van der Waals surface area contributed by atoms with Gasteiger partial charge in [0.1, 0.15) is 16.6 Å². The highest BCUT2D eigenvalue weighted by Gasteiger charge is 2.41. The van der Waals surface area contributed by atoms with E-state index in [2.05, 4.69) is 15.2 Å². The SMILES string of the molecule is Cc1noc(C)c1S(=O)(=O)N1CCC[C@@H]1C(=O)Nc1ccc(S(=O)(=O)NC(C)C)cc1. The van der Waals surface area contributed by atoms with Gasteiger partial charge in [-0.1, -0.05) is 5.16 Å². The number of nitrogens with zero attached hydrogens (tertiary/aromatic N) is 2. The Morgan fingerprint density at radius 1 is 1.16 bits per heavy atom. The Morgan fingerprint density at radius 3 is 2.35 bits per heavy atom. The summed E-state index contributed by atoms with van der Waals surface area (Å²) in [5, 5.41) is 6.38. The molecule has 10 nitrogen and oxygen atoms in total. The van der Waals surface area contributed by atoms with Gasteiger partial charge < -0.3 is 9.84 Å². The molecule has 0 spiro atoms. The van der Waals surface area contributed by atoms with Gasteiger partial charge in [-0.3, -0.25) is 4.79 Å². The van der Waals surface area contributed by atoms with Gasteiger partial charge in [0.25, 0.3) is 0 Å². The number of benzene rings is 1. The third-order valence-corrected chi connectivity index (χ3v) is 8.69. The van der Waals surface area contributed by atoms with Crippen LogP contribution in [0.15, 0.2) is 38.6 Å². The van der Waals surface area contributed by atoms with Crippen molar-refractivity contribution in [3.63, 3.8) is 0 Å². The van der Waals surface area contributed by atoms with Crippen molar-refractivity contribution in [3.8, 4) is 0 Å². The first-order valence-corrected chi connectivity index (χ1v) is 12.7. The lowest BCUT2D eigenvalue weighted by Gasteiger charge is -2.23. The fourth-order valence-corrected chi connectivity index (χ4v) is 6.77. The van der Waals surface area contributed by atoms with Crippen molar-refractivity contribution in [1.29, 1.82) is 0 Å². The van der Waals surface area contributed by atoms with Crippen molar-refractivity contribution in [2.75, 3.05) is 11.9 Å². The van der Waals surface area contributed by atoms with Gasteiger partial charge in [0.2, 0.25) is 26.0 Å². The zero-order valence-electron chi connectivity index (χ0n) is 17.7. The molecule has 1 atom stereocenters. The largest absolute Gasteiger partial charge is 0.360 e. The molecule has 2 heterocycles. The van der Waals surface area contributed by atoms with E-state index in [1.807, 2.05) is 0 Å². The molecule has 1 fully saturated rings. The molecule has 1 saturated heterocycles. The standard InChI is InChI=1S/C19H26N4O6S2/c1-12(2)22-30(25,26)16-9-7-15(8-10-16)20-19(24)17-6-5-11-23(17)31(27,28)18-13(3)21-29-14(18)4/h7-10,12,17,22H,5-6,11H2,1-4H3,(H,20,24)/t17-/m1/s1. The van der Waals surface area contributed by atoms with Crippen LogP contribution in [0.25, 0.3) is 0 Å². The first-order chi connectivity index (χ1) is 14.4. The van der Waals surface area contributed by atoms with Gasteiger partial charge in [-0.15, -0.1) is 0 Å². The van der Waals surface area contributed by atoms with Gasteiger partial charge in [-0.05, 0) is 64.8 Å². The fourth-order valence-electron chi connectivity index (χ4n) is 3.57. The molecule has 31 heavy (non-hydrogen) atoms. The molecule has 1 aliphatic rings. The monoisotopic (exact) mass is 470 g/mol. The second-order valence-corrected chi connectivity index (χ2v) is 11.3. The molecule has 0 saturated carbocycles. The molecule has 1 aromatic heterocycles. The maximum atomic E-state index is 13.1. The number of hydrogen-bond donors (Lipinski definition) is 2. The number of aryl methyl sites for hydroxylation is 2. The predicted octanol–water partition coefficient (Wildman–Crippen LogP) is 1.77. The number of amides is 1. The Labute approximate surface area is 182 Å². The first-order valence-electron chi connectivity index (χ1n) is 9.81. The number of carbonyl (C=O) groups is 1. The lowest BCUT2D eigenvalue weighted by molar-refractivity contribution is -0.119. The van der Waals surface area contributed by atoms with Crippen LogP contribution in [0.1, 0.15) is 38.1 Å². The number of hydrogen-bond acceptors (Lipinski definition) is 7. The summed E-state index contributed by atoms with van der Waals surface area (Å²) in [5.74, 6) is -0.306. The van der Waals surface area contributed by atoms with Crippen molar-refractivity contribution in [2.45, 2.75) is 62.4 Å². The third-order valence-electron chi connectivity index (χ3n) is 4.86. The lowest BCUT2D eigenvalue weighted by atomic mass is 10.2. The fraction of sp³-hybridized carbons (Fsp3) is 0.474. The van der Waals surface area contributed by atoms with Crippen LogP contribution in [0.5, 0.6) is 0 Å². The molecular weight excluding hydrogens is 444 g/mol. The molecule has 170 valence electrons. The van der Waals surface area contributed by atoms with Crippen molar-refractivity contribution in [1.82, 2.24) is 14.2 Å². The molecule has 1 aromatic carbocycles. The molecule has 0 unspecified atom stereocenters. The number of aromatic nitrogens is 1. The van der Waals surface area contributed by atoms with Gasteiger partial charge >= 0.3 is 0 Å². The molecule has 2 N–H and O–H groups in total. The summed E-state index contributed by atoms with van der Waals surface area (Å²) in [4.78, 5) is 12.9. The number of sulfonamides is 2. The highest BCUT2D eigenvalue weighted by Crippen LogP contribution is 2.30. The highest BCUT2D eigenvalue weighted by atomic mass is 32.2. The summed E-state index contributed by atoms with van der Waals surface area (Å²) < 4.78 is 59.3. The Balaban J connectivity index is 1.77. The number of anilines is 1. The molecule has 0 radical (unpaired) electrons. The molecule has 0 aliphatic carbocycles. The first kappa shape index (κ1) is 23.4. The van der Waals surface area contributed by atoms with Gasteiger partial charge in [-0.25, -0.2) is 21.6 Å². The Kier molecular flexibility index (Phi) is 6.56. The third kappa shape index (κ3) is 4.81. The van der Waals surface area contributed by atoms with E-state index in [1.54, 1.807) is 13.8 Å². The van der Waals surface area contributed by atoms with Crippen LogP contribution in [-0.2, 0) is 24.8 Å². The second-order valence-electron chi connectivity index (χ2n) is 7.72. The van der Waals surface area contributed by atoms with Gasteiger partial charge in [-0.2, -0.15) is 4.31 Å². The van der Waals surface area contributed by atoms with Gasteiger partial charge in [0.05, 0.1) is 4.90 Å². The molecule has 2 aromatic rings. The molecule has 1 aliphatic heterocycles. The topological polar surface area (TPSA) is 139 Å². The summed E-state index contributed by atoms with van der Waals surface area (Å²) in [7, 11) is -7.60. The number of nitrogens with one attached hydrogen (secondary N) is 2. The van der Waals surface area contributed by atoms with E-state index in [0.717, 1.165) is 0 Å². The maximum Gasteiger partial charge on any atom is 0.249 e. The smallest absolute Gasteiger partial charge is 0.249 e. The second kappa shape index (κ2) is 8.69. The Morgan fingerprint density at radius 2 is 1.81 bits per heavy atom. The van der Waals surface area contributed by atoms with Crippen molar-refractivity contribution < 1.29 is 26.2 Å². The lowest BCUT2D eigenvalue weighted by Crippen LogP contribution is -2.43. The quantitative estimate of drug-likeness (QED) is 0.629. The minimum Gasteiger partial charge on any atom is -0.360 e. The average Bonchev–Trinajstić information content (AvgIpc) is 3.28. The van der Waals surface area contributed by atoms with Crippen LogP contribution in [0, 0.1) is 13.8 Å². The van der Waals surface area contributed by atoms with Crippen LogP contribution in [0.2, 0.25) is 0 Å². The van der Waals surface area contributed by atoms with E-state index >= 15 is 0 Å². The van der Waals surface area contributed by atoms with Crippen LogP contribution >= 0.6 is 0 Å². The van der Waals surface area contributed by atoms with E-state index in [1.165, 1.54) is 42.4 Å². The highest BCUT2D eigenvalue weighted by molar-refractivity contribution is 7.89. The van der Waals surface area contributed by atoms with Crippen molar-refractivity contribution in [2.24, 2.45) is 0 Å². The van der Waals surface area contributed by atoms with E-state index in [9.17, 15) is 21.6 Å². The summed E-state index contributed by atoms with van der Waals surface area (Å²) in [5.41, 5.74) is 0.616. The van der Waals surface area contributed by atoms with E-state index in [-0.39, 0.29) is 33.8 Å². The van der Waals surface area contributed by atoms with Crippen molar-refractivity contribution >= 4 is 31.6 Å². The minimum atomic E-state index is -3.95. The van der Waals surface area contributed by atoms with E-state index < -0.39 is 32.0 Å². The number of carbonyl (C=O) groups excluding carboxylic acids is 1. The zero-order chi connectivity index (χ0) is 23.0. The van der Waals surface area contributed by atoms with Crippen LogP contribution in [0.3, 0.4) is 0 Å². The summed E-state index contributed by atoms with van der Waals surface area (Å²) in [6.45, 7) is 6.70. The predicted molar refractivity (Wildman–Crippen MR) is 113 cm³/mol. The summed E-state index contributed by atoms with van der Waals surface area (Å²) in [6, 6.07) is 4.56. The minimum absolute atomic E-state index is 0.0144. The van der Waals surface area contributed by atoms with Crippen LogP contribution in [-0.4, -0.2) is 50.8 Å². The Bertz CT molecular complexity index is 1150. The normalized spacial score (nSPS) is 17.9. The Hall–Kier alpha value is -2.28. The van der Waals surface area contributed by atoms with E-state index in [0.29, 0.717) is 18.5 Å². The molecule has 1 amide bonds. The van der Waals surface area contributed by atoms with Crippen LogP contribution < -0.4 is 10.0 Å². The van der Waals surface area contributed by atoms with E-state index in [4.69, 9.17) is 4.52 Å². The van der Waals surface area contributed by atoms with Crippen LogP contribution in [0.4, 0.5) is 5.69 Å².